The van der Waals surface area contributed by atoms with E-state index in [1.165, 1.54) is 13.2 Å². The lowest BCUT2D eigenvalue weighted by molar-refractivity contribution is -0.115. The first kappa shape index (κ1) is 17.6. The summed E-state index contributed by atoms with van der Waals surface area (Å²) in [4.78, 5) is 24.1. The number of carbonyl (C=O) groups excluding carboxylic acids is 2. The quantitative estimate of drug-likeness (QED) is 0.695. The predicted octanol–water partition coefficient (Wildman–Crippen LogP) is 3.32. The highest BCUT2D eigenvalue weighted by Gasteiger charge is 2.16. The van der Waals surface area contributed by atoms with E-state index < -0.39 is 5.91 Å². The van der Waals surface area contributed by atoms with E-state index in [4.69, 9.17) is 16.3 Å². The molecule has 5 nitrogen and oxygen atoms in total. The van der Waals surface area contributed by atoms with Crippen molar-refractivity contribution in [2.75, 3.05) is 19.0 Å². The third-order valence-electron chi connectivity index (χ3n) is 2.95. The van der Waals surface area contributed by atoms with Gasteiger partial charge in [0.2, 0.25) is 5.91 Å². The van der Waals surface area contributed by atoms with Gasteiger partial charge in [0.25, 0.3) is 5.91 Å². The molecule has 0 fully saturated rings. The van der Waals surface area contributed by atoms with Crippen molar-refractivity contribution in [3.05, 3.63) is 56.6 Å². The first-order valence-corrected chi connectivity index (χ1v) is 8.13. The number of anilines is 1. The van der Waals surface area contributed by atoms with E-state index in [2.05, 4.69) is 33.2 Å². The Morgan fingerprint density at radius 2 is 1.91 bits per heavy atom. The molecule has 7 heteroatoms. The van der Waals surface area contributed by atoms with Crippen LogP contribution in [-0.4, -0.2) is 25.5 Å². The molecule has 0 aliphatic carbocycles. The summed E-state index contributed by atoms with van der Waals surface area (Å²) in [6, 6.07) is 12.2. The van der Waals surface area contributed by atoms with Gasteiger partial charge in [0, 0.05) is 9.26 Å². The molecule has 0 radical (unpaired) electrons. The van der Waals surface area contributed by atoms with Crippen LogP contribution in [-0.2, 0) is 4.79 Å². The molecular weight excluding hydrogens is 431 g/mol. The van der Waals surface area contributed by atoms with Crippen LogP contribution in [0.3, 0.4) is 0 Å². The molecular formula is C16H14ClIN2O3. The molecule has 0 spiro atoms. The summed E-state index contributed by atoms with van der Waals surface area (Å²) < 4.78 is 5.96. The van der Waals surface area contributed by atoms with E-state index in [9.17, 15) is 9.59 Å². The average molecular weight is 445 g/mol. The van der Waals surface area contributed by atoms with Crippen LogP contribution >= 0.6 is 34.2 Å². The van der Waals surface area contributed by atoms with Gasteiger partial charge in [-0.1, -0.05) is 29.8 Å². The summed E-state index contributed by atoms with van der Waals surface area (Å²) in [5, 5.41) is 5.68. The van der Waals surface area contributed by atoms with Gasteiger partial charge in [0.05, 0.1) is 24.2 Å². The topological polar surface area (TPSA) is 67.4 Å². The number of nitrogens with one attached hydrogen (secondary N) is 2. The monoisotopic (exact) mass is 444 g/mol. The van der Waals surface area contributed by atoms with Crippen molar-refractivity contribution in [3.63, 3.8) is 0 Å². The van der Waals surface area contributed by atoms with Crippen LogP contribution in [0.5, 0.6) is 5.75 Å². The fourth-order valence-corrected chi connectivity index (χ4v) is 2.46. The number of methoxy groups -OCH3 is 1. The standard InChI is InChI=1S/C16H14ClIN2O3/c1-23-14-8-13(18)12(17)7-11(14)16(22)19-9-15(21)20-10-5-3-2-4-6-10/h2-8H,9H2,1H3,(H,19,22)(H,20,21). The first-order valence-electron chi connectivity index (χ1n) is 6.67. The molecule has 2 amide bonds. The molecule has 0 heterocycles. The van der Waals surface area contributed by atoms with Gasteiger partial charge in [-0.15, -0.1) is 0 Å². The molecule has 0 aromatic heterocycles. The van der Waals surface area contributed by atoms with Gasteiger partial charge in [-0.05, 0) is 46.9 Å². The normalized spacial score (nSPS) is 10.0. The number of hydrogen-bond acceptors (Lipinski definition) is 3. The van der Waals surface area contributed by atoms with Gasteiger partial charge < -0.3 is 15.4 Å². The third-order valence-corrected chi connectivity index (χ3v) is 4.48. The van der Waals surface area contributed by atoms with Crippen LogP contribution in [0, 0.1) is 3.57 Å². The largest absolute Gasteiger partial charge is 0.496 e. The first-order chi connectivity index (χ1) is 11.0. The van der Waals surface area contributed by atoms with E-state index in [1.807, 2.05) is 18.2 Å². The molecule has 0 bridgehead atoms. The number of para-hydroxylation sites is 1. The number of hydrogen-bond donors (Lipinski definition) is 2. The van der Waals surface area contributed by atoms with E-state index >= 15 is 0 Å². The molecule has 0 unspecified atom stereocenters. The lowest BCUT2D eigenvalue weighted by Gasteiger charge is -2.11. The summed E-state index contributed by atoms with van der Waals surface area (Å²) in [7, 11) is 1.47. The van der Waals surface area contributed by atoms with Gasteiger partial charge in [-0.2, -0.15) is 0 Å². The minimum atomic E-state index is -0.427. The number of ether oxygens (including phenoxy) is 1. The molecule has 0 saturated heterocycles. The second-order valence-electron chi connectivity index (χ2n) is 4.56. The highest BCUT2D eigenvalue weighted by Crippen LogP contribution is 2.28. The van der Waals surface area contributed by atoms with E-state index in [-0.39, 0.29) is 18.0 Å². The Morgan fingerprint density at radius 1 is 1.22 bits per heavy atom. The van der Waals surface area contributed by atoms with E-state index in [0.717, 1.165) is 3.57 Å². The van der Waals surface area contributed by atoms with Crippen molar-refractivity contribution in [1.29, 1.82) is 0 Å². The summed E-state index contributed by atoms with van der Waals surface area (Å²) in [6.45, 7) is -0.152. The fourth-order valence-electron chi connectivity index (χ4n) is 1.86. The lowest BCUT2D eigenvalue weighted by atomic mass is 10.2. The van der Waals surface area contributed by atoms with Crippen molar-refractivity contribution in [3.8, 4) is 5.75 Å². The maximum absolute atomic E-state index is 12.2. The average Bonchev–Trinajstić information content (AvgIpc) is 2.55. The Balaban J connectivity index is 2.00. The maximum atomic E-state index is 12.2. The molecule has 23 heavy (non-hydrogen) atoms. The van der Waals surface area contributed by atoms with Gasteiger partial charge in [-0.3, -0.25) is 9.59 Å². The highest BCUT2D eigenvalue weighted by molar-refractivity contribution is 14.1. The van der Waals surface area contributed by atoms with Crippen LogP contribution in [0.25, 0.3) is 0 Å². The third kappa shape index (κ3) is 4.84. The maximum Gasteiger partial charge on any atom is 0.255 e. The Bertz CT molecular complexity index is 723. The smallest absolute Gasteiger partial charge is 0.255 e. The van der Waals surface area contributed by atoms with Crippen molar-refractivity contribution >= 4 is 51.7 Å². The van der Waals surface area contributed by atoms with Gasteiger partial charge >= 0.3 is 0 Å². The summed E-state index contributed by atoms with van der Waals surface area (Å²) in [5.74, 6) is -0.344. The minimum absolute atomic E-state index is 0.152. The number of carbonyl (C=O) groups is 2. The minimum Gasteiger partial charge on any atom is -0.496 e. The second kappa shape index (κ2) is 8.16. The SMILES string of the molecule is COc1cc(I)c(Cl)cc1C(=O)NCC(=O)Nc1ccccc1. The van der Waals surface area contributed by atoms with Gasteiger partial charge in [0.15, 0.2) is 0 Å². The predicted molar refractivity (Wildman–Crippen MR) is 98.1 cm³/mol. The molecule has 2 aromatic rings. The van der Waals surface area contributed by atoms with Gasteiger partial charge in [-0.25, -0.2) is 0 Å². The molecule has 2 rings (SSSR count). The zero-order valence-corrected chi connectivity index (χ0v) is 15.1. The second-order valence-corrected chi connectivity index (χ2v) is 6.13. The molecule has 0 aliphatic rings. The van der Waals surface area contributed by atoms with Crippen LogP contribution in [0.4, 0.5) is 5.69 Å². The Morgan fingerprint density at radius 3 is 2.57 bits per heavy atom. The zero-order chi connectivity index (χ0) is 16.8. The summed E-state index contributed by atoms with van der Waals surface area (Å²) >= 11 is 8.08. The number of amides is 2. The molecule has 0 saturated carbocycles. The van der Waals surface area contributed by atoms with Crippen LogP contribution in [0.15, 0.2) is 42.5 Å². The zero-order valence-electron chi connectivity index (χ0n) is 12.2. The Hall–Kier alpha value is -1.80. The van der Waals surface area contributed by atoms with E-state index in [0.29, 0.717) is 16.5 Å². The number of halogens is 2. The highest BCUT2D eigenvalue weighted by atomic mass is 127. The van der Waals surface area contributed by atoms with Crippen molar-refractivity contribution < 1.29 is 14.3 Å². The van der Waals surface area contributed by atoms with Crippen LogP contribution < -0.4 is 15.4 Å². The fraction of sp³-hybridized carbons (Fsp3) is 0.125. The van der Waals surface area contributed by atoms with E-state index in [1.54, 1.807) is 18.2 Å². The Labute approximate surface area is 152 Å². The molecule has 2 N–H and O–H groups in total. The number of rotatable bonds is 5. The molecule has 0 aliphatic heterocycles. The van der Waals surface area contributed by atoms with Crippen LogP contribution in [0.2, 0.25) is 5.02 Å². The van der Waals surface area contributed by atoms with Crippen molar-refractivity contribution in [2.45, 2.75) is 0 Å². The molecule has 120 valence electrons. The number of benzene rings is 2. The van der Waals surface area contributed by atoms with Crippen molar-refractivity contribution in [2.24, 2.45) is 0 Å². The van der Waals surface area contributed by atoms with Crippen molar-refractivity contribution in [1.82, 2.24) is 5.32 Å². The lowest BCUT2D eigenvalue weighted by Crippen LogP contribution is -2.33. The molecule has 0 atom stereocenters. The van der Waals surface area contributed by atoms with Gasteiger partial charge in [0.1, 0.15) is 5.75 Å². The summed E-state index contributed by atoms with van der Waals surface area (Å²) in [6.07, 6.45) is 0. The van der Waals surface area contributed by atoms with Crippen LogP contribution in [0.1, 0.15) is 10.4 Å². The summed E-state index contributed by atoms with van der Waals surface area (Å²) in [5.41, 5.74) is 0.951. The molecule has 2 aromatic carbocycles. The Kier molecular flexibility index (Phi) is 6.23.